The summed E-state index contributed by atoms with van der Waals surface area (Å²) < 4.78 is 1.80. The fourth-order valence-corrected chi connectivity index (χ4v) is 2.32. The highest BCUT2D eigenvalue weighted by Crippen LogP contribution is 2.20. The van der Waals surface area contributed by atoms with Crippen LogP contribution in [0.25, 0.3) is 5.69 Å². The third kappa shape index (κ3) is 3.18. The molecule has 0 saturated carbocycles. The van der Waals surface area contributed by atoms with E-state index in [-0.39, 0.29) is 5.69 Å². The summed E-state index contributed by atoms with van der Waals surface area (Å²) in [6.45, 7) is 2.34. The average Bonchev–Trinajstić information content (AvgIpc) is 3.08. The Morgan fingerprint density at radius 1 is 1.30 bits per heavy atom. The predicted molar refractivity (Wildman–Crippen MR) is 86.5 cm³/mol. The van der Waals surface area contributed by atoms with Crippen molar-refractivity contribution in [3.05, 3.63) is 76.2 Å². The number of nitrogens with zero attached hydrogens (tertiary/aromatic N) is 4. The zero-order valence-corrected chi connectivity index (χ0v) is 12.5. The zero-order valence-electron chi connectivity index (χ0n) is 12.5. The topological polar surface area (TPSA) is 85.9 Å². The van der Waals surface area contributed by atoms with E-state index >= 15 is 0 Å². The lowest BCUT2D eigenvalue weighted by atomic mass is 10.1. The fraction of sp³-hybridized carbons (Fsp3) is 0.125. The van der Waals surface area contributed by atoms with Gasteiger partial charge in [-0.2, -0.15) is 5.10 Å². The van der Waals surface area contributed by atoms with Crippen molar-refractivity contribution in [1.29, 1.82) is 0 Å². The Kier molecular flexibility index (Phi) is 4.01. The van der Waals surface area contributed by atoms with E-state index in [1.165, 1.54) is 12.3 Å². The van der Waals surface area contributed by atoms with Crippen LogP contribution in [-0.4, -0.2) is 19.7 Å². The quantitative estimate of drug-likeness (QED) is 0.578. The van der Waals surface area contributed by atoms with Crippen LogP contribution in [0.1, 0.15) is 11.1 Å². The summed E-state index contributed by atoms with van der Waals surface area (Å²) >= 11 is 0. The Balaban J connectivity index is 1.81. The number of pyridine rings is 1. The Bertz CT molecular complexity index is 830. The van der Waals surface area contributed by atoms with E-state index < -0.39 is 4.92 Å². The molecule has 0 unspecified atom stereocenters. The third-order valence-corrected chi connectivity index (χ3v) is 3.46. The first-order valence-electron chi connectivity index (χ1n) is 7.08. The molecule has 0 amide bonds. The van der Waals surface area contributed by atoms with Crippen LogP contribution >= 0.6 is 0 Å². The van der Waals surface area contributed by atoms with E-state index in [4.69, 9.17) is 0 Å². The van der Waals surface area contributed by atoms with Crippen molar-refractivity contribution in [2.75, 3.05) is 5.32 Å². The van der Waals surface area contributed by atoms with Crippen molar-refractivity contribution in [2.45, 2.75) is 13.5 Å². The van der Waals surface area contributed by atoms with Crippen LogP contribution in [0.5, 0.6) is 0 Å². The molecule has 0 atom stereocenters. The van der Waals surface area contributed by atoms with Crippen molar-refractivity contribution in [3.8, 4) is 5.69 Å². The summed E-state index contributed by atoms with van der Waals surface area (Å²) in [7, 11) is 0. The summed E-state index contributed by atoms with van der Waals surface area (Å²) in [5.74, 6) is 0.630. The minimum absolute atomic E-state index is 0.00927. The minimum Gasteiger partial charge on any atom is -0.366 e. The standard InChI is InChI=1S/C16H15N5O2/c1-12-9-14(21(22)23)11-18-16(12)17-10-13-5-2-3-6-15(13)20-8-4-7-19-20/h2-9,11H,10H2,1H3,(H,17,18). The Hall–Kier alpha value is -3.22. The summed E-state index contributed by atoms with van der Waals surface area (Å²) in [6.07, 6.45) is 4.87. The molecule has 2 heterocycles. The highest BCUT2D eigenvalue weighted by molar-refractivity contribution is 5.50. The average molecular weight is 309 g/mol. The SMILES string of the molecule is Cc1cc([N+](=O)[O-])cnc1NCc1ccccc1-n1cccn1. The maximum Gasteiger partial charge on any atom is 0.287 e. The molecule has 3 aromatic rings. The van der Waals surface area contributed by atoms with Gasteiger partial charge in [0.1, 0.15) is 12.0 Å². The van der Waals surface area contributed by atoms with Gasteiger partial charge in [-0.15, -0.1) is 0 Å². The number of rotatable bonds is 5. The molecule has 0 aliphatic heterocycles. The van der Waals surface area contributed by atoms with Gasteiger partial charge in [0, 0.05) is 25.0 Å². The van der Waals surface area contributed by atoms with Crippen LogP contribution in [0.2, 0.25) is 0 Å². The summed E-state index contributed by atoms with van der Waals surface area (Å²) in [4.78, 5) is 14.4. The smallest absolute Gasteiger partial charge is 0.287 e. The number of hydrogen-bond donors (Lipinski definition) is 1. The molecule has 7 nitrogen and oxygen atoms in total. The first-order valence-corrected chi connectivity index (χ1v) is 7.08. The van der Waals surface area contributed by atoms with Gasteiger partial charge in [0.15, 0.2) is 0 Å². The monoisotopic (exact) mass is 309 g/mol. The van der Waals surface area contributed by atoms with Crippen molar-refractivity contribution in [3.63, 3.8) is 0 Å². The maximum absolute atomic E-state index is 10.8. The van der Waals surface area contributed by atoms with Gasteiger partial charge < -0.3 is 5.32 Å². The summed E-state index contributed by atoms with van der Waals surface area (Å²) in [5.41, 5.74) is 2.75. The van der Waals surface area contributed by atoms with Gasteiger partial charge in [0.05, 0.1) is 10.6 Å². The van der Waals surface area contributed by atoms with Gasteiger partial charge in [-0.1, -0.05) is 18.2 Å². The molecule has 1 N–H and O–H groups in total. The zero-order chi connectivity index (χ0) is 16.2. The lowest BCUT2D eigenvalue weighted by molar-refractivity contribution is -0.385. The number of aromatic nitrogens is 3. The molecule has 0 radical (unpaired) electrons. The van der Waals surface area contributed by atoms with Crippen LogP contribution in [0.15, 0.2) is 55.0 Å². The van der Waals surface area contributed by atoms with Gasteiger partial charge in [-0.05, 0) is 30.2 Å². The summed E-state index contributed by atoms with van der Waals surface area (Å²) in [5, 5.41) is 18.2. The fourth-order valence-electron chi connectivity index (χ4n) is 2.32. The van der Waals surface area contributed by atoms with Gasteiger partial charge >= 0.3 is 0 Å². The van der Waals surface area contributed by atoms with Crippen LogP contribution in [0.4, 0.5) is 11.5 Å². The number of hydrogen-bond acceptors (Lipinski definition) is 5. The number of nitro groups is 1. The van der Waals surface area contributed by atoms with Crippen molar-refractivity contribution in [1.82, 2.24) is 14.8 Å². The number of benzene rings is 1. The van der Waals surface area contributed by atoms with Crippen LogP contribution in [-0.2, 0) is 6.54 Å². The Morgan fingerprint density at radius 2 is 2.13 bits per heavy atom. The molecule has 0 fully saturated rings. The molecule has 1 aromatic carbocycles. The molecular weight excluding hydrogens is 294 g/mol. The number of nitrogens with one attached hydrogen (secondary N) is 1. The van der Waals surface area contributed by atoms with E-state index in [0.29, 0.717) is 12.4 Å². The van der Waals surface area contributed by atoms with E-state index in [9.17, 15) is 10.1 Å². The second-order valence-electron chi connectivity index (χ2n) is 5.05. The van der Waals surface area contributed by atoms with Crippen LogP contribution in [0, 0.1) is 17.0 Å². The number of aryl methyl sites for hydroxylation is 1. The van der Waals surface area contributed by atoms with Crippen molar-refractivity contribution in [2.24, 2.45) is 0 Å². The van der Waals surface area contributed by atoms with Gasteiger partial charge in [-0.3, -0.25) is 10.1 Å². The number of anilines is 1. The molecule has 0 aliphatic rings. The molecule has 0 saturated heterocycles. The number of para-hydroxylation sites is 1. The van der Waals surface area contributed by atoms with Gasteiger partial charge in [-0.25, -0.2) is 9.67 Å². The first kappa shape index (κ1) is 14.7. The Labute approximate surface area is 132 Å². The highest BCUT2D eigenvalue weighted by atomic mass is 16.6. The molecule has 3 rings (SSSR count). The second kappa shape index (κ2) is 6.27. The Morgan fingerprint density at radius 3 is 2.83 bits per heavy atom. The molecular formula is C16H15N5O2. The highest BCUT2D eigenvalue weighted by Gasteiger charge is 2.10. The molecule has 23 heavy (non-hydrogen) atoms. The van der Waals surface area contributed by atoms with Gasteiger partial charge in [0.2, 0.25) is 0 Å². The van der Waals surface area contributed by atoms with Crippen molar-refractivity contribution < 1.29 is 4.92 Å². The molecule has 116 valence electrons. The lowest BCUT2D eigenvalue weighted by Crippen LogP contribution is -2.07. The lowest BCUT2D eigenvalue weighted by Gasteiger charge is -2.12. The second-order valence-corrected chi connectivity index (χ2v) is 5.05. The molecule has 2 aromatic heterocycles. The van der Waals surface area contributed by atoms with E-state index in [0.717, 1.165) is 16.8 Å². The maximum atomic E-state index is 10.8. The molecule has 0 aliphatic carbocycles. The molecule has 0 bridgehead atoms. The van der Waals surface area contributed by atoms with Crippen LogP contribution in [0.3, 0.4) is 0 Å². The van der Waals surface area contributed by atoms with Crippen LogP contribution < -0.4 is 5.32 Å². The van der Waals surface area contributed by atoms with E-state index in [2.05, 4.69) is 15.4 Å². The van der Waals surface area contributed by atoms with E-state index in [1.54, 1.807) is 17.8 Å². The van der Waals surface area contributed by atoms with E-state index in [1.807, 2.05) is 36.5 Å². The third-order valence-electron chi connectivity index (χ3n) is 3.46. The normalized spacial score (nSPS) is 10.5. The summed E-state index contributed by atoms with van der Waals surface area (Å²) in [6, 6.07) is 11.3. The minimum atomic E-state index is -0.448. The molecule has 0 spiro atoms. The first-order chi connectivity index (χ1) is 11.1. The largest absolute Gasteiger partial charge is 0.366 e. The van der Waals surface area contributed by atoms with Crippen molar-refractivity contribution >= 4 is 11.5 Å². The molecule has 7 heteroatoms. The van der Waals surface area contributed by atoms with Gasteiger partial charge in [0.25, 0.3) is 5.69 Å². The predicted octanol–water partition coefficient (Wildman–Crippen LogP) is 3.10.